The third-order valence-electron chi connectivity index (χ3n) is 3.44. The van der Waals surface area contributed by atoms with Gasteiger partial charge in [0.25, 0.3) is 0 Å². The molecule has 1 atom stereocenters. The summed E-state index contributed by atoms with van der Waals surface area (Å²) in [6.45, 7) is 1.35. The van der Waals surface area contributed by atoms with Crippen LogP contribution in [0.5, 0.6) is 0 Å². The molecule has 3 rings (SSSR count). The van der Waals surface area contributed by atoms with Crippen molar-refractivity contribution in [2.75, 3.05) is 18.5 Å². The van der Waals surface area contributed by atoms with Crippen molar-refractivity contribution in [3.8, 4) is 0 Å². The third kappa shape index (κ3) is 2.88. The van der Waals surface area contributed by atoms with Gasteiger partial charge in [0.15, 0.2) is 0 Å². The number of amides is 2. The number of anilines is 1. The van der Waals surface area contributed by atoms with Gasteiger partial charge in [-0.2, -0.15) is 0 Å². The minimum atomic E-state index is -0.204. The molecule has 0 bridgehead atoms. The van der Waals surface area contributed by atoms with E-state index < -0.39 is 0 Å². The van der Waals surface area contributed by atoms with Crippen molar-refractivity contribution in [1.82, 2.24) is 10.3 Å². The van der Waals surface area contributed by atoms with Gasteiger partial charge in [-0.3, -0.25) is 4.98 Å². The Balaban J connectivity index is 1.65. The fourth-order valence-corrected chi connectivity index (χ4v) is 2.41. The topological polar surface area (TPSA) is 63.2 Å². The van der Waals surface area contributed by atoms with Gasteiger partial charge in [-0.1, -0.05) is 12.1 Å². The van der Waals surface area contributed by atoms with Crippen LogP contribution < -0.4 is 10.6 Å². The van der Waals surface area contributed by atoms with E-state index in [9.17, 15) is 4.79 Å². The lowest BCUT2D eigenvalue weighted by atomic mass is 10.1. The first kappa shape index (κ1) is 12.9. The van der Waals surface area contributed by atoms with Crippen LogP contribution in [-0.4, -0.2) is 30.3 Å². The molecule has 5 heteroatoms. The zero-order valence-electron chi connectivity index (χ0n) is 11.1. The molecule has 1 aromatic carbocycles. The molecule has 1 fully saturated rings. The molecule has 2 aromatic rings. The van der Waals surface area contributed by atoms with E-state index in [1.54, 1.807) is 12.4 Å². The van der Waals surface area contributed by atoms with Crippen LogP contribution in [0.15, 0.2) is 36.7 Å². The van der Waals surface area contributed by atoms with Gasteiger partial charge in [0.2, 0.25) is 0 Å². The van der Waals surface area contributed by atoms with E-state index in [-0.39, 0.29) is 12.1 Å². The number of hydrogen-bond donors (Lipinski definition) is 2. The fourth-order valence-electron chi connectivity index (χ4n) is 2.41. The van der Waals surface area contributed by atoms with E-state index in [1.807, 2.05) is 24.3 Å². The van der Waals surface area contributed by atoms with Crippen LogP contribution in [0.2, 0.25) is 0 Å². The van der Waals surface area contributed by atoms with E-state index >= 15 is 0 Å². The monoisotopic (exact) mass is 271 g/mol. The minimum Gasteiger partial charge on any atom is -0.376 e. The van der Waals surface area contributed by atoms with Crippen molar-refractivity contribution < 1.29 is 9.53 Å². The summed E-state index contributed by atoms with van der Waals surface area (Å²) in [5.41, 5.74) is 0.787. The first-order valence-electron chi connectivity index (χ1n) is 6.82. The lowest BCUT2D eigenvalue weighted by Crippen LogP contribution is -2.35. The maximum Gasteiger partial charge on any atom is 0.319 e. The lowest BCUT2D eigenvalue weighted by molar-refractivity contribution is 0.112. The first-order chi connectivity index (χ1) is 9.83. The average Bonchev–Trinajstić information content (AvgIpc) is 2.99. The number of pyridine rings is 1. The molecule has 2 N–H and O–H groups in total. The molecule has 1 aliphatic rings. The SMILES string of the molecule is O=C(NC[C@H]1CCCO1)Nc1cccc2cnccc12. The highest BCUT2D eigenvalue weighted by molar-refractivity contribution is 6.01. The second kappa shape index (κ2) is 5.88. The molecular formula is C15H17N3O2. The van der Waals surface area contributed by atoms with Gasteiger partial charge in [-0.15, -0.1) is 0 Å². The van der Waals surface area contributed by atoms with Crippen molar-refractivity contribution in [3.05, 3.63) is 36.7 Å². The van der Waals surface area contributed by atoms with Gasteiger partial charge in [-0.25, -0.2) is 4.79 Å². The number of carbonyl (C=O) groups is 1. The summed E-state index contributed by atoms with van der Waals surface area (Å²) in [7, 11) is 0. The normalized spacial score (nSPS) is 18.1. The van der Waals surface area contributed by atoms with Crippen LogP contribution in [0.4, 0.5) is 10.5 Å². The van der Waals surface area contributed by atoms with E-state index in [0.29, 0.717) is 6.54 Å². The maximum atomic E-state index is 11.9. The average molecular weight is 271 g/mol. The highest BCUT2D eigenvalue weighted by Gasteiger charge is 2.16. The van der Waals surface area contributed by atoms with Gasteiger partial charge in [0.1, 0.15) is 0 Å². The number of nitrogens with one attached hydrogen (secondary N) is 2. The van der Waals surface area contributed by atoms with E-state index in [0.717, 1.165) is 35.9 Å². The molecule has 1 saturated heterocycles. The van der Waals surface area contributed by atoms with Crippen LogP contribution in [0, 0.1) is 0 Å². The predicted octanol–water partition coefficient (Wildman–Crippen LogP) is 2.54. The number of nitrogens with zero attached hydrogens (tertiary/aromatic N) is 1. The number of fused-ring (bicyclic) bond motifs is 1. The summed E-state index contributed by atoms with van der Waals surface area (Å²) in [4.78, 5) is 16.0. The number of urea groups is 1. The molecule has 0 spiro atoms. The molecule has 0 unspecified atom stereocenters. The van der Waals surface area contributed by atoms with Gasteiger partial charge in [-0.05, 0) is 25.0 Å². The zero-order valence-corrected chi connectivity index (χ0v) is 11.1. The van der Waals surface area contributed by atoms with Crippen LogP contribution >= 0.6 is 0 Å². The Kier molecular flexibility index (Phi) is 3.78. The number of carbonyl (C=O) groups excluding carboxylic acids is 1. The lowest BCUT2D eigenvalue weighted by Gasteiger charge is -2.12. The number of benzene rings is 1. The van der Waals surface area contributed by atoms with Crippen molar-refractivity contribution in [3.63, 3.8) is 0 Å². The fraction of sp³-hybridized carbons (Fsp3) is 0.333. The third-order valence-corrected chi connectivity index (χ3v) is 3.44. The molecule has 0 saturated carbocycles. The standard InChI is InChI=1S/C15H17N3O2/c19-15(17-10-12-4-2-8-20-12)18-14-5-1-3-11-9-16-7-6-13(11)14/h1,3,5-7,9,12H,2,4,8,10H2,(H2,17,18,19)/t12-/m1/s1. The number of ether oxygens (including phenoxy) is 1. The van der Waals surface area contributed by atoms with Crippen molar-refractivity contribution >= 4 is 22.5 Å². The first-order valence-corrected chi connectivity index (χ1v) is 6.82. The Bertz CT molecular complexity index is 604. The molecule has 20 heavy (non-hydrogen) atoms. The minimum absolute atomic E-state index is 0.150. The van der Waals surface area contributed by atoms with Crippen LogP contribution in [0.3, 0.4) is 0 Å². The maximum absolute atomic E-state index is 11.9. The quantitative estimate of drug-likeness (QED) is 0.901. The molecule has 0 radical (unpaired) electrons. The van der Waals surface area contributed by atoms with Crippen molar-refractivity contribution in [1.29, 1.82) is 0 Å². The smallest absolute Gasteiger partial charge is 0.319 e. The summed E-state index contributed by atoms with van der Waals surface area (Å²) in [5, 5.41) is 7.71. The summed E-state index contributed by atoms with van der Waals surface area (Å²) < 4.78 is 5.47. The van der Waals surface area contributed by atoms with E-state index in [4.69, 9.17) is 4.74 Å². The second-order valence-corrected chi connectivity index (χ2v) is 4.87. The molecule has 5 nitrogen and oxygen atoms in total. The molecular weight excluding hydrogens is 254 g/mol. The largest absolute Gasteiger partial charge is 0.376 e. The highest BCUT2D eigenvalue weighted by atomic mass is 16.5. The van der Waals surface area contributed by atoms with Gasteiger partial charge < -0.3 is 15.4 Å². The van der Waals surface area contributed by atoms with Crippen LogP contribution in [0.1, 0.15) is 12.8 Å². The molecule has 0 aliphatic carbocycles. The van der Waals surface area contributed by atoms with Crippen LogP contribution in [-0.2, 0) is 4.74 Å². The molecule has 1 aliphatic heterocycles. The van der Waals surface area contributed by atoms with E-state index in [1.165, 1.54) is 0 Å². The summed E-state index contributed by atoms with van der Waals surface area (Å²) in [6, 6.07) is 7.45. The Morgan fingerprint density at radius 3 is 3.20 bits per heavy atom. The van der Waals surface area contributed by atoms with Gasteiger partial charge in [0, 0.05) is 36.3 Å². The predicted molar refractivity (Wildman–Crippen MR) is 77.7 cm³/mol. The number of aromatic nitrogens is 1. The summed E-state index contributed by atoms with van der Waals surface area (Å²) >= 11 is 0. The molecule has 2 amide bonds. The highest BCUT2D eigenvalue weighted by Crippen LogP contribution is 2.21. The summed E-state index contributed by atoms with van der Waals surface area (Å²) in [5.74, 6) is 0. The van der Waals surface area contributed by atoms with E-state index in [2.05, 4.69) is 15.6 Å². The molecule has 104 valence electrons. The Hall–Kier alpha value is -2.14. The Morgan fingerprint density at radius 2 is 2.35 bits per heavy atom. The van der Waals surface area contributed by atoms with Gasteiger partial charge in [0.05, 0.1) is 11.8 Å². The molecule has 2 heterocycles. The van der Waals surface area contributed by atoms with Crippen molar-refractivity contribution in [2.45, 2.75) is 18.9 Å². The Morgan fingerprint density at radius 1 is 1.40 bits per heavy atom. The van der Waals surface area contributed by atoms with Crippen molar-refractivity contribution in [2.24, 2.45) is 0 Å². The molecule has 1 aromatic heterocycles. The zero-order chi connectivity index (χ0) is 13.8. The Labute approximate surface area is 117 Å². The number of rotatable bonds is 3. The van der Waals surface area contributed by atoms with Crippen LogP contribution in [0.25, 0.3) is 10.8 Å². The number of hydrogen-bond acceptors (Lipinski definition) is 3. The van der Waals surface area contributed by atoms with Gasteiger partial charge >= 0.3 is 6.03 Å². The second-order valence-electron chi connectivity index (χ2n) is 4.87. The summed E-state index contributed by atoms with van der Waals surface area (Å²) in [6.07, 6.45) is 5.74.